The van der Waals surface area contributed by atoms with Crippen LogP contribution in [0, 0.1) is 11.3 Å². The first-order valence-corrected chi connectivity index (χ1v) is 7.29. The summed E-state index contributed by atoms with van der Waals surface area (Å²) in [5.74, 6) is 0.418. The van der Waals surface area contributed by atoms with Crippen LogP contribution in [-0.4, -0.2) is 44.2 Å². The molecule has 0 heterocycles. The summed E-state index contributed by atoms with van der Waals surface area (Å²) in [5.41, 5.74) is -0.153. The average Bonchev–Trinajstić information content (AvgIpc) is 2.25. The summed E-state index contributed by atoms with van der Waals surface area (Å²) in [6.07, 6.45) is 2.82. The van der Waals surface area contributed by atoms with E-state index in [9.17, 15) is 4.79 Å². The number of rotatable bonds is 7. The highest BCUT2D eigenvalue weighted by molar-refractivity contribution is 5.76. The minimum absolute atomic E-state index is 0.0788. The Hall–Kier alpha value is -0.570. The minimum atomic E-state index is -0.352. The molecule has 114 valence electrons. The van der Waals surface area contributed by atoms with Crippen LogP contribution in [-0.2, 0) is 9.53 Å². The summed E-state index contributed by atoms with van der Waals surface area (Å²) >= 11 is 0. The van der Waals surface area contributed by atoms with Gasteiger partial charge in [0.25, 0.3) is 0 Å². The lowest BCUT2D eigenvalue weighted by atomic mass is 9.75. The molecular weight excluding hydrogens is 238 g/mol. The molecule has 3 nitrogen and oxygen atoms in total. The Morgan fingerprint density at radius 1 is 1.16 bits per heavy atom. The van der Waals surface area contributed by atoms with Crippen molar-refractivity contribution in [3.63, 3.8) is 0 Å². The van der Waals surface area contributed by atoms with Crippen LogP contribution in [0.15, 0.2) is 0 Å². The molecule has 0 radical (unpaired) electrons. The van der Waals surface area contributed by atoms with Crippen molar-refractivity contribution < 1.29 is 14.0 Å². The van der Waals surface area contributed by atoms with Crippen molar-refractivity contribution >= 4 is 5.97 Å². The van der Waals surface area contributed by atoms with E-state index in [2.05, 4.69) is 48.8 Å². The molecule has 0 spiro atoms. The van der Waals surface area contributed by atoms with Crippen LogP contribution < -0.4 is 0 Å². The maximum Gasteiger partial charge on any atom is 0.311 e. The predicted molar refractivity (Wildman–Crippen MR) is 80.9 cm³/mol. The van der Waals surface area contributed by atoms with E-state index in [0.717, 1.165) is 23.7 Å². The molecular formula is C16H34NO2+. The van der Waals surface area contributed by atoms with Gasteiger partial charge in [0.1, 0.15) is 0 Å². The second-order valence-corrected chi connectivity index (χ2v) is 7.74. The molecule has 0 aromatic carbocycles. The summed E-state index contributed by atoms with van der Waals surface area (Å²) in [4.78, 5) is 11.9. The molecule has 2 unspecified atom stereocenters. The summed E-state index contributed by atoms with van der Waals surface area (Å²) in [6.45, 7) is 10.9. The van der Waals surface area contributed by atoms with Gasteiger partial charge in [-0.05, 0) is 39.5 Å². The number of carbonyl (C=O) groups is 1. The highest BCUT2D eigenvalue weighted by Gasteiger charge is 2.39. The van der Waals surface area contributed by atoms with Gasteiger partial charge in [-0.1, -0.05) is 13.8 Å². The lowest BCUT2D eigenvalue weighted by molar-refractivity contribution is -0.920. The third-order valence-corrected chi connectivity index (χ3v) is 4.92. The maximum atomic E-state index is 11.9. The average molecular weight is 272 g/mol. The Balaban J connectivity index is 4.79. The monoisotopic (exact) mass is 272 g/mol. The Morgan fingerprint density at radius 3 is 1.95 bits per heavy atom. The van der Waals surface area contributed by atoms with Gasteiger partial charge in [0, 0.05) is 6.42 Å². The number of hydrogen-bond acceptors (Lipinski definition) is 2. The molecule has 0 saturated carbocycles. The molecule has 2 atom stereocenters. The molecule has 0 fully saturated rings. The lowest BCUT2D eigenvalue weighted by Gasteiger charge is -2.43. The normalized spacial score (nSPS) is 17.7. The molecule has 0 aromatic rings. The van der Waals surface area contributed by atoms with Crippen LogP contribution in [0.3, 0.4) is 0 Å². The second-order valence-electron chi connectivity index (χ2n) is 7.74. The van der Waals surface area contributed by atoms with Gasteiger partial charge < -0.3 is 9.22 Å². The van der Waals surface area contributed by atoms with Crippen molar-refractivity contribution in [3.05, 3.63) is 0 Å². The van der Waals surface area contributed by atoms with Gasteiger partial charge in [0.05, 0.1) is 39.2 Å². The van der Waals surface area contributed by atoms with Crippen LogP contribution in [0.5, 0.6) is 0 Å². The zero-order valence-corrected chi connectivity index (χ0v) is 14.5. The van der Waals surface area contributed by atoms with E-state index in [1.54, 1.807) is 0 Å². The van der Waals surface area contributed by atoms with Crippen molar-refractivity contribution in [2.24, 2.45) is 11.3 Å². The van der Waals surface area contributed by atoms with E-state index in [1.165, 1.54) is 7.11 Å². The summed E-state index contributed by atoms with van der Waals surface area (Å²) in [7, 11) is 8.17. The number of carbonyl (C=O) groups excluding carboxylic acids is 1. The van der Waals surface area contributed by atoms with E-state index >= 15 is 0 Å². The van der Waals surface area contributed by atoms with Crippen LogP contribution in [0.2, 0.25) is 0 Å². The van der Waals surface area contributed by atoms with Crippen LogP contribution in [0.25, 0.3) is 0 Å². The van der Waals surface area contributed by atoms with E-state index < -0.39 is 0 Å². The molecule has 19 heavy (non-hydrogen) atoms. The lowest BCUT2D eigenvalue weighted by Crippen LogP contribution is -2.53. The standard InChI is InChI=1S/C16H34NO2/c1-10-16(5,14(18)19-9)12-13(2)11-15(3,4)17(6,7)8/h13H,10-12H2,1-9H3/q+1. The zero-order chi connectivity index (χ0) is 15.5. The Labute approximate surface area is 119 Å². The van der Waals surface area contributed by atoms with Gasteiger partial charge >= 0.3 is 5.97 Å². The zero-order valence-electron chi connectivity index (χ0n) is 14.5. The SMILES string of the molecule is CCC(C)(CC(C)CC(C)(C)[N+](C)(C)C)C(=O)OC. The Kier molecular flexibility index (Phi) is 6.07. The molecule has 0 N–H and O–H groups in total. The quantitative estimate of drug-likeness (QED) is 0.524. The molecule has 3 heteroatoms. The third-order valence-electron chi connectivity index (χ3n) is 4.92. The van der Waals surface area contributed by atoms with Gasteiger partial charge in [-0.25, -0.2) is 0 Å². The fourth-order valence-corrected chi connectivity index (χ4v) is 2.59. The maximum absolute atomic E-state index is 11.9. The highest BCUT2D eigenvalue weighted by atomic mass is 16.5. The smallest absolute Gasteiger partial charge is 0.311 e. The fraction of sp³-hybridized carbons (Fsp3) is 0.938. The van der Waals surface area contributed by atoms with E-state index in [4.69, 9.17) is 4.74 Å². The van der Waals surface area contributed by atoms with Crippen molar-refractivity contribution in [2.45, 2.75) is 59.4 Å². The van der Waals surface area contributed by atoms with Crippen molar-refractivity contribution in [3.8, 4) is 0 Å². The van der Waals surface area contributed by atoms with Gasteiger partial charge in [-0.3, -0.25) is 4.79 Å². The number of hydrogen-bond donors (Lipinski definition) is 0. The summed E-state index contributed by atoms with van der Waals surface area (Å²) in [6, 6.07) is 0. The first-order chi connectivity index (χ1) is 8.39. The first-order valence-electron chi connectivity index (χ1n) is 7.29. The van der Waals surface area contributed by atoms with Gasteiger partial charge in [0.2, 0.25) is 0 Å². The first kappa shape index (κ1) is 18.4. The molecule has 0 aliphatic rings. The topological polar surface area (TPSA) is 26.3 Å². The molecule has 0 saturated heterocycles. The summed E-state index contributed by atoms with van der Waals surface area (Å²) < 4.78 is 5.89. The van der Waals surface area contributed by atoms with E-state index in [0.29, 0.717) is 5.92 Å². The molecule has 0 aliphatic carbocycles. The Bertz CT molecular complexity index is 304. The Morgan fingerprint density at radius 2 is 1.63 bits per heavy atom. The molecule has 0 amide bonds. The molecule has 0 rings (SSSR count). The molecule has 0 aromatic heterocycles. The van der Waals surface area contributed by atoms with E-state index in [-0.39, 0.29) is 16.9 Å². The number of methoxy groups -OCH3 is 1. The summed E-state index contributed by atoms with van der Waals surface area (Å²) in [5, 5.41) is 0. The minimum Gasteiger partial charge on any atom is -0.469 e. The highest BCUT2D eigenvalue weighted by Crippen LogP contribution is 2.36. The van der Waals surface area contributed by atoms with Gasteiger partial charge in [-0.15, -0.1) is 0 Å². The van der Waals surface area contributed by atoms with E-state index in [1.807, 2.05) is 6.92 Å². The number of quaternary nitrogens is 1. The molecule has 0 bridgehead atoms. The van der Waals surface area contributed by atoms with Gasteiger partial charge in [-0.2, -0.15) is 0 Å². The second kappa shape index (κ2) is 6.25. The number of ether oxygens (including phenoxy) is 1. The number of esters is 1. The van der Waals surface area contributed by atoms with Crippen molar-refractivity contribution in [2.75, 3.05) is 28.3 Å². The van der Waals surface area contributed by atoms with Gasteiger partial charge in [0.15, 0.2) is 0 Å². The number of nitrogens with zero attached hydrogens (tertiary/aromatic N) is 1. The van der Waals surface area contributed by atoms with Crippen LogP contribution in [0.4, 0.5) is 0 Å². The third kappa shape index (κ3) is 4.79. The van der Waals surface area contributed by atoms with Crippen molar-refractivity contribution in [1.82, 2.24) is 0 Å². The fourth-order valence-electron chi connectivity index (χ4n) is 2.59. The largest absolute Gasteiger partial charge is 0.469 e. The van der Waals surface area contributed by atoms with Crippen molar-refractivity contribution in [1.29, 1.82) is 0 Å². The predicted octanol–water partition coefficient (Wildman–Crippen LogP) is 3.48. The molecule has 0 aliphatic heterocycles. The van der Waals surface area contributed by atoms with Crippen LogP contribution >= 0.6 is 0 Å². The van der Waals surface area contributed by atoms with Crippen LogP contribution in [0.1, 0.15) is 53.9 Å².